The second-order valence-corrected chi connectivity index (χ2v) is 5.76. The fourth-order valence-electron chi connectivity index (χ4n) is 2.65. The van der Waals surface area contributed by atoms with E-state index in [0.717, 1.165) is 29.4 Å². The molecule has 2 aromatic rings. The Labute approximate surface area is 124 Å². The molecule has 2 N–H and O–H groups in total. The minimum absolute atomic E-state index is 0.106. The van der Waals surface area contributed by atoms with Crippen molar-refractivity contribution in [3.63, 3.8) is 0 Å². The lowest BCUT2D eigenvalue weighted by molar-refractivity contribution is 0.0942. The lowest BCUT2D eigenvalue weighted by Crippen LogP contribution is -2.32. The van der Waals surface area contributed by atoms with Crippen LogP contribution in [0.25, 0.3) is 10.9 Å². The number of aromatic nitrogens is 1. The van der Waals surface area contributed by atoms with Crippen molar-refractivity contribution in [2.24, 2.45) is 0 Å². The molecule has 2 heterocycles. The predicted molar refractivity (Wildman–Crippen MR) is 82.6 cm³/mol. The third kappa shape index (κ3) is 3.00. The van der Waals surface area contributed by atoms with Crippen LogP contribution < -0.4 is 5.32 Å². The van der Waals surface area contributed by atoms with Gasteiger partial charge in [0.2, 0.25) is 0 Å². The molecular weight excluding hydrogens is 266 g/mol. The number of hydrogen-bond acceptors (Lipinski definition) is 4. The summed E-state index contributed by atoms with van der Waals surface area (Å²) in [6, 6.07) is 5.65. The average Bonchev–Trinajstić information content (AvgIpc) is 3.13. The zero-order valence-corrected chi connectivity index (χ0v) is 12.5. The molecular formula is C16H21N3O2. The second kappa shape index (κ2) is 5.97. The average molecular weight is 287 g/mol. The Hall–Kier alpha value is -1.69. The largest absolute Gasteiger partial charge is 0.364 e. The van der Waals surface area contributed by atoms with Gasteiger partial charge in [-0.1, -0.05) is 0 Å². The third-order valence-electron chi connectivity index (χ3n) is 3.91. The summed E-state index contributed by atoms with van der Waals surface area (Å²) in [6.07, 6.45) is 3.01. The van der Waals surface area contributed by atoms with Crippen molar-refractivity contribution in [2.75, 3.05) is 34.0 Å². The van der Waals surface area contributed by atoms with E-state index in [4.69, 9.17) is 4.74 Å². The van der Waals surface area contributed by atoms with E-state index in [2.05, 4.69) is 29.3 Å². The molecule has 5 nitrogen and oxygen atoms in total. The molecule has 5 heteroatoms. The van der Waals surface area contributed by atoms with Gasteiger partial charge in [-0.25, -0.2) is 0 Å². The number of hydrogen-bond donors (Lipinski definition) is 2. The second-order valence-electron chi connectivity index (χ2n) is 5.76. The summed E-state index contributed by atoms with van der Waals surface area (Å²) >= 11 is 0. The van der Waals surface area contributed by atoms with Crippen LogP contribution in [0.5, 0.6) is 0 Å². The standard InChI is InChI=1S/C16H21N3O2/c1-19(2)6-5-12-8-17-14-4-3-11(7-13(12)14)16(20)15-9-21-10-18-15/h3-4,7-8,15,17-18H,5-6,9-10H2,1-2H3/t15-/m0/s1. The quantitative estimate of drug-likeness (QED) is 0.816. The number of ketones is 1. The Balaban J connectivity index is 1.87. The summed E-state index contributed by atoms with van der Waals surface area (Å²) in [5.74, 6) is 0.106. The fraction of sp³-hybridized carbons (Fsp3) is 0.438. The van der Waals surface area contributed by atoms with E-state index in [1.54, 1.807) is 0 Å². The van der Waals surface area contributed by atoms with Gasteiger partial charge in [-0.3, -0.25) is 10.1 Å². The normalized spacial score (nSPS) is 18.7. The van der Waals surface area contributed by atoms with E-state index in [1.807, 2.05) is 24.4 Å². The van der Waals surface area contributed by atoms with Crippen LogP contribution in [0.1, 0.15) is 15.9 Å². The third-order valence-corrected chi connectivity index (χ3v) is 3.91. The molecule has 1 atom stereocenters. The van der Waals surface area contributed by atoms with Gasteiger partial charge in [0.25, 0.3) is 0 Å². The number of fused-ring (bicyclic) bond motifs is 1. The van der Waals surface area contributed by atoms with Crippen molar-refractivity contribution in [3.05, 3.63) is 35.5 Å². The molecule has 1 fully saturated rings. The molecule has 0 amide bonds. The van der Waals surface area contributed by atoms with Gasteiger partial charge in [-0.15, -0.1) is 0 Å². The monoisotopic (exact) mass is 287 g/mol. The van der Waals surface area contributed by atoms with Crippen LogP contribution in [0.3, 0.4) is 0 Å². The molecule has 0 unspecified atom stereocenters. The fourth-order valence-corrected chi connectivity index (χ4v) is 2.65. The molecule has 1 aliphatic heterocycles. The van der Waals surface area contributed by atoms with Crippen molar-refractivity contribution in [2.45, 2.75) is 12.5 Å². The first-order valence-corrected chi connectivity index (χ1v) is 7.25. The number of H-pyrrole nitrogens is 1. The Morgan fingerprint density at radius 3 is 3.00 bits per heavy atom. The number of ether oxygens (including phenoxy) is 1. The van der Waals surface area contributed by atoms with Gasteiger partial charge in [0.1, 0.15) is 0 Å². The molecule has 0 saturated carbocycles. The number of nitrogens with zero attached hydrogens (tertiary/aromatic N) is 1. The van der Waals surface area contributed by atoms with Gasteiger partial charge < -0.3 is 14.6 Å². The van der Waals surface area contributed by atoms with Crippen LogP contribution in [0, 0.1) is 0 Å². The first-order chi connectivity index (χ1) is 10.1. The van der Waals surface area contributed by atoms with Crippen LogP contribution in [0.15, 0.2) is 24.4 Å². The maximum absolute atomic E-state index is 12.4. The molecule has 0 radical (unpaired) electrons. The highest BCUT2D eigenvalue weighted by Crippen LogP contribution is 2.21. The molecule has 1 aliphatic rings. The van der Waals surface area contributed by atoms with Gasteiger partial charge in [-0.05, 0) is 44.3 Å². The van der Waals surface area contributed by atoms with E-state index < -0.39 is 0 Å². The zero-order chi connectivity index (χ0) is 14.8. The van der Waals surface area contributed by atoms with E-state index in [9.17, 15) is 4.79 Å². The molecule has 0 spiro atoms. The summed E-state index contributed by atoms with van der Waals surface area (Å²) in [5, 5.41) is 4.21. The minimum Gasteiger partial charge on any atom is -0.364 e. The molecule has 21 heavy (non-hydrogen) atoms. The molecule has 112 valence electrons. The topological polar surface area (TPSA) is 57.4 Å². The molecule has 3 rings (SSSR count). The summed E-state index contributed by atoms with van der Waals surface area (Å²) in [7, 11) is 4.13. The van der Waals surface area contributed by atoms with Crippen molar-refractivity contribution in [1.29, 1.82) is 0 Å². The van der Waals surface area contributed by atoms with Crippen LogP contribution in [-0.4, -0.2) is 55.7 Å². The summed E-state index contributed by atoms with van der Waals surface area (Å²) in [4.78, 5) is 17.9. The predicted octanol–water partition coefficient (Wildman–Crippen LogP) is 1.40. The lowest BCUT2D eigenvalue weighted by atomic mass is 10.0. The number of benzene rings is 1. The highest BCUT2D eigenvalue weighted by Gasteiger charge is 2.24. The maximum atomic E-state index is 12.4. The highest BCUT2D eigenvalue weighted by atomic mass is 16.5. The zero-order valence-electron chi connectivity index (χ0n) is 12.5. The molecule has 1 aromatic carbocycles. The SMILES string of the molecule is CN(C)CCc1c[nH]c2ccc(C(=O)[C@@H]3COCN3)cc12. The molecule has 0 bridgehead atoms. The van der Waals surface area contributed by atoms with Gasteiger partial charge in [0, 0.05) is 29.2 Å². The van der Waals surface area contributed by atoms with Gasteiger partial charge in [-0.2, -0.15) is 0 Å². The van der Waals surface area contributed by atoms with Crippen LogP contribution in [-0.2, 0) is 11.2 Å². The minimum atomic E-state index is -0.216. The number of nitrogens with one attached hydrogen (secondary N) is 2. The van der Waals surface area contributed by atoms with E-state index in [0.29, 0.717) is 13.3 Å². The maximum Gasteiger partial charge on any atom is 0.182 e. The Bertz CT molecular complexity index is 642. The Kier molecular flexibility index (Phi) is 4.05. The highest BCUT2D eigenvalue weighted by molar-refractivity contribution is 6.03. The Morgan fingerprint density at radius 2 is 2.29 bits per heavy atom. The number of Topliss-reactive ketones (excluding diaryl/α,β-unsaturated/α-hetero) is 1. The Morgan fingerprint density at radius 1 is 1.43 bits per heavy atom. The van der Waals surface area contributed by atoms with Crippen LogP contribution in [0.2, 0.25) is 0 Å². The lowest BCUT2D eigenvalue weighted by Gasteiger charge is -2.09. The number of rotatable bonds is 5. The van der Waals surface area contributed by atoms with Crippen molar-refractivity contribution in [1.82, 2.24) is 15.2 Å². The van der Waals surface area contributed by atoms with E-state index in [1.165, 1.54) is 5.56 Å². The van der Waals surface area contributed by atoms with Crippen LogP contribution in [0.4, 0.5) is 0 Å². The number of likely N-dealkylation sites (N-methyl/N-ethyl adjacent to an activating group) is 1. The van der Waals surface area contributed by atoms with Crippen LogP contribution >= 0.6 is 0 Å². The molecule has 0 aliphatic carbocycles. The van der Waals surface area contributed by atoms with Crippen molar-refractivity contribution in [3.8, 4) is 0 Å². The van der Waals surface area contributed by atoms with Gasteiger partial charge >= 0.3 is 0 Å². The van der Waals surface area contributed by atoms with Gasteiger partial charge in [0.05, 0.1) is 19.4 Å². The number of carbonyl (C=O) groups is 1. The first-order valence-electron chi connectivity index (χ1n) is 7.25. The van der Waals surface area contributed by atoms with Crippen molar-refractivity contribution < 1.29 is 9.53 Å². The van der Waals surface area contributed by atoms with Gasteiger partial charge in [0.15, 0.2) is 5.78 Å². The number of aromatic amines is 1. The van der Waals surface area contributed by atoms with E-state index >= 15 is 0 Å². The number of carbonyl (C=O) groups excluding carboxylic acids is 1. The summed E-state index contributed by atoms with van der Waals surface area (Å²) < 4.78 is 5.22. The van der Waals surface area contributed by atoms with Crippen molar-refractivity contribution >= 4 is 16.7 Å². The van der Waals surface area contributed by atoms with E-state index in [-0.39, 0.29) is 11.8 Å². The molecule has 1 saturated heterocycles. The smallest absolute Gasteiger partial charge is 0.182 e. The summed E-state index contributed by atoms with van der Waals surface area (Å²) in [5.41, 5.74) is 3.08. The summed E-state index contributed by atoms with van der Waals surface area (Å²) in [6.45, 7) is 1.90. The molecule has 1 aromatic heterocycles. The first kappa shape index (κ1) is 14.3.